The van der Waals surface area contributed by atoms with Crippen molar-refractivity contribution in [1.29, 1.82) is 0 Å². The smallest absolute Gasteiger partial charge is 0.329 e. The molecule has 0 heterocycles. The highest BCUT2D eigenvalue weighted by Crippen LogP contribution is 2.12. The van der Waals surface area contributed by atoms with E-state index in [2.05, 4.69) is 5.32 Å². The Kier molecular flexibility index (Phi) is 5.41. The van der Waals surface area contributed by atoms with E-state index in [1.165, 1.54) is 25.8 Å². The third kappa shape index (κ3) is 4.60. The van der Waals surface area contributed by atoms with Gasteiger partial charge in [-0.1, -0.05) is 0 Å². The zero-order valence-electron chi connectivity index (χ0n) is 11.4. The lowest BCUT2D eigenvalue weighted by atomic mass is 10.0. The maximum Gasteiger partial charge on any atom is 0.329 e. The van der Waals surface area contributed by atoms with Crippen LogP contribution in [0.25, 0.3) is 0 Å². The number of nitrogens with zero attached hydrogens (tertiary/aromatic N) is 2. The van der Waals surface area contributed by atoms with Gasteiger partial charge in [-0.2, -0.15) is 0 Å². The highest BCUT2D eigenvalue weighted by Gasteiger charge is 2.35. The molecule has 0 saturated carbocycles. The first-order valence-corrected chi connectivity index (χ1v) is 5.51. The molecule has 0 aromatic rings. The Bertz CT molecular complexity index is 290. The molecule has 17 heavy (non-hydrogen) atoms. The summed E-state index contributed by atoms with van der Waals surface area (Å²) in [6.45, 7) is 5.56. The Hall–Kier alpha value is -1.30. The maximum absolute atomic E-state index is 11.8. The molecule has 6 nitrogen and oxygen atoms in total. The summed E-state index contributed by atoms with van der Waals surface area (Å²) in [4.78, 5) is 26.0. The van der Waals surface area contributed by atoms with Gasteiger partial charge in [-0.3, -0.25) is 0 Å². The molecule has 0 spiro atoms. The van der Waals surface area contributed by atoms with Gasteiger partial charge >= 0.3 is 12.0 Å². The van der Waals surface area contributed by atoms with E-state index in [4.69, 9.17) is 5.11 Å². The number of carbonyl (C=O) groups is 2. The molecule has 2 N–H and O–H groups in total. The molecular formula is C11H23N3O3. The monoisotopic (exact) mass is 245 g/mol. The van der Waals surface area contributed by atoms with Gasteiger partial charge in [0.1, 0.15) is 5.54 Å². The molecule has 0 rings (SSSR count). The van der Waals surface area contributed by atoms with Gasteiger partial charge in [0.15, 0.2) is 0 Å². The minimum absolute atomic E-state index is 0.0375. The van der Waals surface area contributed by atoms with E-state index in [0.717, 1.165) is 0 Å². The molecule has 6 heteroatoms. The highest BCUT2D eigenvalue weighted by atomic mass is 16.4. The van der Waals surface area contributed by atoms with Crippen LogP contribution in [0.2, 0.25) is 0 Å². The number of likely N-dealkylation sites (N-methyl/N-ethyl adjacent to an activating group) is 2. The van der Waals surface area contributed by atoms with E-state index in [9.17, 15) is 9.59 Å². The second-order valence-electron chi connectivity index (χ2n) is 5.04. The van der Waals surface area contributed by atoms with E-state index in [1.807, 2.05) is 25.9 Å². The molecule has 0 aliphatic heterocycles. The van der Waals surface area contributed by atoms with Crippen LogP contribution in [0, 0.1) is 0 Å². The van der Waals surface area contributed by atoms with Gasteiger partial charge in [-0.25, -0.2) is 9.59 Å². The van der Waals surface area contributed by atoms with Crippen LogP contribution >= 0.6 is 0 Å². The Balaban J connectivity index is 4.47. The summed E-state index contributed by atoms with van der Waals surface area (Å²) < 4.78 is 0. The van der Waals surface area contributed by atoms with Crippen molar-refractivity contribution >= 4 is 12.0 Å². The molecule has 2 amide bonds. The third-order valence-corrected chi connectivity index (χ3v) is 2.68. The van der Waals surface area contributed by atoms with Crippen LogP contribution in [0.15, 0.2) is 0 Å². The molecule has 0 aliphatic rings. The lowest BCUT2D eigenvalue weighted by Crippen LogP contribution is -2.56. The minimum atomic E-state index is -1.22. The van der Waals surface area contributed by atoms with Crippen molar-refractivity contribution in [3.05, 3.63) is 0 Å². The summed E-state index contributed by atoms with van der Waals surface area (Å²) in [5.74, 6) is -1.03. The Morgan fingerprint density at radius 3 is 2.12 bits per heavy atom. The van der Waals surface area contributed by atoms with Gasteiger partial charge in [-0.05, 0) is 34.9 Å². The zero-order valence-corrected chi connectivity index (χ0v) is 11.4. The summed E-state index contributed by atoms with van der Waals surface area (Å²) in [5, 5.41) is 11.8. The molecule has 0 aromatic carbocycles. The quantitative estimate of drug-likeness (QED) is 0.737. The normalized spacial score (nSPS) is 13.4. The number of hydrogen-bond donors (Lipinski definition) is 2. The number of amides is 2. The van der Waals surface area contributed by atoms with Crippen LogP contribution in [0.1, 0.15) is 20.8 Å². The number of nitrogens with one attached hydrogen (secondary N) is 1. The molecule has 1 unspecified atom stereocenters. The summed E-state index contributed by atoms with van der Waals surface area (Å²) in [6.07, 6.45) is 0. The average molecular weight is 245 g/mol. The summed E-state index contributed by atoms with van der Waals surface area (Å²) in [5.41, 5.74) is -1.22. The standard InChI is InChI=1S/C11H23N3O3/c1-8(7-13(4)5)12-10(17)14(6)11(2,3)9(15)16/h8H,7H2,1-6H3,(H,12,17)(H,15,16). The molecular weight excluding hydrogens is 222 g/mol. The van der Waals surface area contributed by atoms with Crippen LogP contribution in [-0.4, -0.2) is 66.2 Å². The molecule has 100 valence electrons. The highest BCUT2D eigenvalue weighted by molar-refractivity contribution is 5.85. The lowest BCUT2D eigenvalue weighted by Gasteiger charge is -2.32. The fourth-order valence-corrected chi connectivity index (χ4v) is 1.30. The number of carboxylic acids is 1. The summed E-state index contributed by atoms with van der Waals surface area (Å²) in [6, 6.07) is -0.420. The van der Waals surface area contributed by atoms with Crippen molar-refractivity contribution in [1.82, 2.24) is 15.1 Å². The summed E-state index contributed by atoms with van der Waals surface area (Å²) in [7, 11) is 5.30. The van der Waals surface area contributed by atoms with Crippen LogP contribution < -0.4 is 5.32 Å². The number of rotatable bonds is 5. The van der Waals surface area contributed by atoms with E-state index in [0.29, 0.717) is 6.54 Å². The molecule has 1 atom stereocenters. The van der Waals surface area contributed by atoms with E-state index >= 15 is 0 Å². The first-order valence-electron chi connectivity index (χ1n) is 5.51. The lowest BCUT2D eigenvalue weighted by molar-refractivity contribution is -0.146. The second-order valence-corrected chi connectivity index (χ2v) is 5.04. The van der Waals surface area contributed by atoms with Crippen LogP contribution in [0.4, 0.5) is 4.79 Å². The van der Waals surface area contributed by atoms with Crippen LogP contribution in [0.3, 0.4) is 0 Å². The van der Waals surface area contributed by atoms with E-state index in [-0.39, 0.29) is 12.1 Å². The SMILES string of the molecule is CC(CN(C)C)NC(=O)N(C)C(C)(C)C(=O)O. The molecule has 0 radical (unpaired) electrons. The third-order valence-electron chi connectivity index (χ3n) is 2.68. The van der Waals surface area contributed by atoms with Gasteiger partial charge in [0, 0.05) is 19.6 Å². The van der Waals surface area contributed by atoms with Crippen molar-refractivity contribution in [2.45, 2.75) is 32.4 Å². The number of carboxylic acid groups (broad SMARTS) is 1. The predicted molar refractivity (Wildman–Crippen MR) is 66.0 cm³/mol. The summed E-state index contributed by atoms with van der Waals surface area (Å²) >= 11 is 0. The molecule has 0 aliphatic carbocycles. The molecule has 0 saturated heterocycles. The van der Waals surface area contributed by atoms with Gasteiger partial charge in [0.05, 0.1) is 0 Å². The molecule has 0 aromatic heterocycles. The van der Waals surface area contributed by atoms with Gasteiger partial charge in [0.2, 0.25) is 0 Å². The molecule has 0 fully saturated rings. The average Bonchev–Trinajstić information content (AvgIpc) is 2.14. The van der Waals surface area contributed by atoms with E-state index < -0.39 is 11.5 Å². The first-order chi connectivity index (χ1) is 7.59. The number of carbonyl (C=O) groups excluding carboxylic acids is 1. The topological polar surface area (TPSA) is 72.9 Å². The fourth-order valence-electron chi connectivity index (χ4n) is 1.30. The maximum atomic E-state index is 11.8. The van der Waals surface area contributed by atoms with Gasteiger partial charge in [0.25, 0.3) is 0 Å². The van der Waals surface area contributed by atoms with Gasteiger partial charge in [-0.15, -0.1) is 0 Å². The number of hydrogen-bond acceptors (Lipinski definition) is 3. The Labute approximate surface area is 103 Å². The molecule has 0 bridgehead atoms. The van der Waals surface area contributed by atoms with Crippen molar-refractivity contribution in [2.75, 3.05) is 27.7 Å². The van der Waals surface area contributed by atoms with Crippen molar-refractivity contribution in [3.8, 4) is 0 Å². The van der Waals surface area contributed by atoms with Crippen molar-refractivity contribution in [2.24, 2.45) is 0 Å². The largest absolute Gasteiger partial charge is 0.480 e. The minimum Gasteiger partial charge on any atom is -0.480 e. The number of urea groups is 1. The Morgan fingerprint density at radius 2 is 1.76 bits per heavy atom. The van der Waals surface area contributed by atoms with Crippen LogP contribution in [0.5, 0.6) is 0 Å². The Morgan fingerprint density at radius 1 is 1.29 bits per heavy atom. The van der Waals surface area contributed by atoms with Crippen molar-refractivity contribution < 1.29 is 14.7 Å². The first kappa shape index (κ1) is 15.7. The van der Waals surface area contributed by atoms with Crippen molar-refractivity contribution in [3.63, 3.8) is 0 Å². The van der Waals surface area contributed by atoms with Crippen LogP contribution in [-0.2, 0) is 4.79 Å². The zero-order chi connectivity index (χ0) is 13.8. The van der Waals surface area contributed by atoms with E-state index in [1.54, 1.807) is 0 Å². The second kappa shape index (κ2) is 5.86. The van der Waals surface area contributed by atoms with Gasteiger partial charge < -0.3 is 20.2 Å². The number of aliphatic carboxylic acids is 1. The predicted octanol–water partition coefficient (Wildman–Crippen LogP) is 0.441. The fraction of sp³-hybridized carbons (Fsp3) is 0.818.